The third-order valence-electron chi connectivity index (χ3n) is 4.40. The zero-order valence-corrected chi connectivity index (χ0v) is 16.3. The largest absolute Gasteiger partial charge is 0.395 e. The van der Waals surface area contributed by atoms with Crippen molar-refractivity contribution < 1.29 is 9.90 Å². The average molecular weight is 375 g/mol. The van der Waals surface area contributed by atoms with Crippen LogP contribution >= 0.6 is 11.6 Å². The molecule has 2 aromatic rings. The maximum absolute atomic E-state index is 12.6. The Labute approximate surface area is 160 Å². The summed E-state index contributed by atoms with van der Waals surface area (Å²) >= 11 is 6.21. The molecule has 140 valence electrons. The van der Waals surface area contributed by atoms with E-state index in [4.69, 9.17) is 11.6 Å². The van der Waals surface area contributed by atoms with Crippen molar-refractivity contribution in [3.63, 3.8) is 0 Å². The third kappa shape index (κ3) is 5.84. The van der Waals surface area contributed by atoms with Crippen LogP contribution in [0.3, 0.4) is 0 Å². The Balaban J connectivity index is 2.12. The molecule has 2 aromatic carbocycles. The molecule has 0 aliphatic carbocycles. The van der Waals surface area contributed by atoms with Crippen LogP contribution in [0.1, 0.15) is 25.0 Å². The van der Waals surface area contributed by atoms with Gasteiger partial charge in [-0.25, -0.2) is 0 Å². The van der Waals surface area contributed by atoms with E-state index in [0.717, 1.165) is 11.1 Å². The number of anilines is 1. The number of carbonyl (C=O) groups is 1. The van der Waals surface area contributed by atoms with Crippen molar-refractivity contribution in [2.45, 2.75) is 33.4 Å². The van der Waals surface area contributed by atoms with Crippen molar-refractivity contribution in [1.29, 1.82) is 0 Å². The fraction of sp³-hybridized carbons (Fsp3) is 0.381. The molecule has 0 radical (unpaired) electrons. The van der Waals surface area contributed by atoms with Gasteiger partial charge < -0.3 is 10.4 Å². The van der Waals surface area contributed by atoms with E-state index in [-0.39, 0.29) is 31.0 Å². The lowest BCUT2D eigenvalue weighted by molar-refractivity contribution is -0.118. The molecule has 2 rings (SSSR count). The number of halogens is 1. The first-order chi connectivity index (χ1) is 12.4. The zero-order valence-electron chi connectivity index (χ0n) is 15.6. The van der Waals surface area contributed by atoms with Gasteiger partial charge in [0.05, 0.1) is 23.9 Å². The molecule has 0 bridgehead atoms. The number of hydrogen-bond acceptors (Lipinski definition) is 3. The lowest BCUT2D eigenvalue weighted by atomic mass is 10.0. The van der Waals surface area contributed by atoms with E-state index >= 15 is 0 Å². The van der Waals surface area contributed by atoms with Gasteiger partial charge in [0.15, 0.2) is 0 Å². The number of rotatable bonds is 8. The van der Waals surface area contributed by atoms with Crippen LogP contribution in [0.4, 0.5) is 5.69 Å². The van der Waals surface area contributed by atoms with E-state index in [1.165, 1.54) is 0 Å². The van der Waals surface area contributed by atoms with Gasteiger partial charge >= 0.3 is 0 Å². The fourth-order valence-electron chi connectivity index (χ4n) is 2.95. The van der Waals surface area contributed by atoms with Crippen LogP contribution in [0.15, 0.2) is 48.5 Å². The van der Waals surface area contributed by atoms with Gasteiger partial charge in [-0.15, -0.1) is 0 Å². The predicted molar refractivity (Wildman–Crippen MR) is 107 cm³/mol. The van der Waals surface area contributed by atoms with Crippen LogP contribution in [0.2, 0.25) is 5.02 Å². The molecule has 26 heavy (non-hydrogen) atoms. The molecule has 0 heterocycles. The number of nitrogens with zero attached hydrogens (tertiary/aromatic N) is 1. The predicted octanol–water partition coefficient (Wildman–Crippen LogP) is 4.11. The molecule has 0 saturated carbocycles. The maximum atomic E-state index is 12.6. The van der Waals surface area contributed by atoms with Gasteiger partial charge in [0.2, 0.25) is 5.91 Å². The summed E-state index contributed by atoms with van der Waals surface area (Å²) in [5.74, 6) is 0.0743. The van der Waals surface area contributed by atoms with Crippen molar-refractivity contribution >= 4 is 23.2 Å². The molecule has 0 fully saturated rings. The lowest BCUT2D eigenvalue weighted by Gasteiger charge is -2.32. The first-order valence-electron chi connectivity index (χ1n) is 8.85. The molecular weight excluding hydrogens is 348 g/mol. The second-order valence-corrected chi connectivity index (χ2v) is 7.32. The monoisotopic (exact) mass is 374 g/mol. The molecule has 2 N–H and O–H groups in total. The van der Waals surface area contributed by atoms with Crippen LogP contribution in [0.25, 0.3) is 0 Å². The SMILES string of the molecule is Cc1ccc(NC(=O)CN(Cc2ccccc2)C(CO)C(C)C)c(Cl)c1. The molecule has 1 atom stereocenters. The molecule has 0 aliphatic rings. The normalized spacial score (nSPS) is 12.4. The number of aliphatic hydroxyl groups is 1. The molecule has 0 spiro atoms. The van der Waals surface area contributed by atoms with Crippen LogP contribution in [-0.2, 0) is 11.3 Å². The number of benzene rings is 2. The highest BCUT2D eigenvalue weighted by Gasteiger charge is 2.24. The summed E-state index contributed by atoms with van der Waals surface area (Å²) in [7, 11) is 0. The Morgan fingerprint density at radius 2 is 1.88 bits per heavy atom. The van der Waals surface area contributed by atoms with Crippen molar-refractivity contribution in [2.75, 3.05) is 18.5 Å². The van der Waals surface area contributed by atoms with Crippen molar-refractivity contribution in [3.8, 4) is 0 Å². The van der Waals surface area contributed by atoms with Crippen LogP contribution in [-0.4, -0.2) is 35.1 Å². The van der Waals surface area contributed by atoms with E-state index < -0.39 is 0 Å². The van der Waals surface area contributed by atoms with Gasteiger partial charge in [0.25, 0.3) is 0 Å². The lowest BCUT2D eigenvalue weighted by Crippen LogP contribution is -2.45. The first kappa shape index (κ1) is 20.4. The van der Waals surface area contributed by atoms with Crippen molar-refractivity contribution in [2.24, 2.45) is 5.92 Å². The molecule has 0 aliphatic heterocycles. The molecular formula is C21H27ClN2O2. The van der Waals surface area contributed by atoms with E-state index in [1.807, 2.05) is 74.2 Å². The van der Waals surface area contributed by atoms with Crippen molar-refractivity contribution in [3.05, 3.63) is 64.7 Å². The summed E-state index contributed by atoms with van der Waals surface area (Å²) in [5.41, 5.74) is 2.75. The molecule has 5 heteroatoms. The van der Waals surface area contributed by atoms with E-state index in [0.29, 0.717) is 17.3 Å². The average Bonchev–Trinajstić information content (AvgIpc) is 2.58. The smallest absolute Gasteiger partial charge is 0.238 e. The fourth-order valence-corrected chi connectivity index (χ4v) is 3.23. The zero-order chi connectivity index (χ0) is 19.1. The third-order valence-corrected chi connectivity index (χ3v) is 4.71. The maximum Gasteiger partial charge on any atom is 0.238 e. The van der Waals surface area contributed by atoms with Gasteiger partial charge in [0.1, 0.15) is 0 Å². The van der Waals surface area contributed by atoms with Gasteiger partial charge in [-0.3, -0.25) is 9.69 Å². The quantitative estimate of drug-likeness (QED) is 0.731. The van der Waals surface area contributed by atoms with Gasteiger partial charge in [-0.05, 0) is 36.1 Å². The number of carbonyl (C=O) groups excluding carboxylic acids is 1. The first-order valence-corrected chi connectivity index (χ1v) is 9.23. The Kier molecular flexibility index (Phi) is 7.64. The molecule has 0 saturated heterocycles. The molecule has 1 amide bonds. The number of aliphatic hydroxyl groups excluding tert-OH is 1. The summed E-state index contributed by atoms with van der Waals surface area (Å²) in [4.78, 5) is 14.6. The summed E-state index contributed by atoms with van der Waals surface area (Å²) < 4.78 is 0. The highest BCUT2D eigenvalue weighted by molar-refractivity contribution is 6.33. The van der Waals surface area contributed by atoms with Crippen LogP contribution in [0, 0.1) is 12.8 Å². The topological polar surface area (TPSA) is 52.6 Å². The van der Waals surface area contributed by atoms with E-state index in [1.54, 1.807) is 0 Å². The second-order valence-electron chi connectivity index (χ2n) is 6.92. The minimum absolute atomic E-state index is 0.00304. The number of amides is 1. The molecule has 0 aromatic heterocycles. The number of nitrogens with one attached hydrogen (secondary N) is 1. The Bertz CT molecular complexity index is 719. The van der Waals surface area contributed by atoms with Crippen LogP contribution < -0.4 is 5.32 Å². The van der Waals surface area contributed by atoms with Crippen molar-refractivity contribution in [1.82, 2.24) is 4.90 Å². The highest BCUT2D eigenvalue weighted by atomic mass is 35.5. The summed E-state index contributed by atoms with van der Waals surface area (Å²) in [6, 6.07) is 15.4. The van der Waals surface area contributed by atoms with Gasteiger partial charge in [0, 0.05) is 12.6 Å². The summed E-state index contributed by atoms with van der Waals surface area (Å²) in [6.07, 6.45) is 0. The number of aryl methyl sites for hydroxylation is 1. The Morgan fingerprint density at radius 3 is 2.46 bits per heavy atom. The Hall–Kier alpha value is -1.88. The minimum Gasteiger partial charge on any atom is -0.395 e. The minimum atomic E-state index is -0.147. The second kappa shape index (κ2) is 9.72. The Morgan fingerprint density at radius 1 is 1.19 bits per heavy atom. The summed E-state index contributed by atoms with van der Waals surface area (Å²) in [6.45, 7) is 6.83. The standard InChI is InChI=1S/C21H27ClN2O2/c1-15(2)20(14-25)24(12-17-7-5-4-6-8-17)13-21(26)23-19-10-9-16(3)11-18(19)22/h4-11,15,20,25H,12-14H2,1-3H3,(H,23,26). The molecule has 1 unspecified atom stereocenters. The number of hydrogen-bond donors (Lipinski definition) is 2. The summed E-state index contributed by atoms with van der Waals surface area (Å²) in [5, 5.41) is 13.2. The molecule has 4 nitrogen and oxygen atoms in total. The highest BCUT2D eigenvalue weighted by Crippen LogP contribution is 2.23. The van der Waals surface area contributed by atoms with Crippen LogP contribution in [0.5, 0.6) is 0 Å². The van der Waals surface area contributed by atoms with Gasteiger partial charge in [-0.2, -0.15) is 0 Å². The van der Waals surface area contributed by atoms with Gasteiger partial charge in [-0.1, -0.05) is 61.8 Å². The van der Waals surface area contributed by atoms with E-state index in [2.05, 4.69) is 5.32 Å². The van der Waals surface area contributed by atoms with E-state index in [9.17, 15) is 9.90 Å².